The summed E-state index contributed by atoms with van der Waals surface area (Å²) in [4.78, 5) is 25.1. The molecule has 1 N–H and O–H groups in total. The van der Waals surface area contributed by atoms with Crippen LogP contribution in [0.2, 0.25) is 0 Å². The summed E-state index contributed by atoms with van der Waals surface area (Å²) in [7, 11) is 1.65. The van der Waals surface area contributed by atoms with Gasteiger partial charge in [0.15, 0.2) is 0 Å². The van der Waals surface area contributed by atoms with Crippen LogP contribution in [0.3, 0.4) is 0 Å². The summed E-state index contributed by atoms with van der Waals surface area (Å²) in [6.07, 6.45) is 0. The van der Waals surface area contributed by atoms with Crippen molar-refractivity contribution in [2.24, 2.45) is 0 Å². The summed E-state index contributed by atoms with van der Waals surface area (Å²) in [5.41, 5.74) is 0.368. The number of carboxylic acids is 1. The third kappa shape index (κ3) is 1.52. The molecule has 4 heteroatoms. The first kappa shape index (κ1) is 11.6. The van der Waals surface area contributed by atoms with E-state index < -0.39 is 17.4 Å². The maximum absolute atomic E-state index is 12.1. The van der Waals surface area contributed by atoms with Gasteiger partial charge in [-0.25, -0.2) is 0 Å². The average Bonchev–Trinajstić information content (AvgIpc) is 2.25. The van der Waals surface area contributed by atoms with Gasteiger partial charge in [-0.05, 0) is 25.5 Å². The topological polar surface area (TPSA) is 57.6 Å². The Morgan fingerprint density at radius 3 is 2.53 bits per heavy atom. The molecule has 0 radical (unpaired) electrons. The van der Waals surface area contributed by atoms with Crippen LogP contribution in [0.1, 0.15) is 35.7 Å². The molecule has 1 aromatic rings. The van der Waals surface area contributed by atoms with Crippen LogP contribution in [0.15, 0.2) is 24.3 Å². The minimum absolute atomic E-state index is 0.122. The number of nitrogens with zero attached hydrogens (tertiary/aromatic N) is 1. The monoisotopic (exact) mass is 233 g/mol. The Labute approximate surface area is 99.9 Å². The molecule has 1 aliphatic rings. The Bertz CT molecular complexity index is 493. The number of fused-ring (bicyclic) bond motifs is 1. The highest BCUT2D eigenvalue weighted by molar-refractivity contribution is 6.00. The predicted octanol–water partition coefficient (Wildman–Crippen LogP) is 1.72. The van der Waals surface area contributed by atoms with Gasteiger partial charge in [-0.15, -0.1) is 0 Å². The van der Waals surface area contributed by atoms with Gasteiger partial charge in [0.1, 0.15) is 5.92 Å². The van der Waals surface area contributed by atoms with Crippen molar-refractivity contribution in [1.29, 1.82) is 0 Å². The lowest BCUT2D eigenvalue weighted by Gasteiger charge is -2.44. The van der Waals surface area contributed by atoms with Crippen LogP contribution in [0, 0.1) is 0 Å². The van der Waals surface area contributed by atoms with Crippen LogP contribution in [0.4, 0.5) is 0 Å². The molecule has 0 saturated heterocycles. The van der Waals surface area contributed by atoms with Gasteiger partial charge in [-0.1, -0.05) is 18.2 Å². The van der Waals surface area contributed by atoms with Gasteiger partial charge in [-0.2, -0.15) is 0 Å². The zero-order chi connectivity index (χ0) is 12.8. The predicted molar refractivity (Wildman–Crippen MR) is 63.0 cm³/mol. The van der Waals surface area contributed by atoms with E-state index in [0.717, 1.165) is 0 Å². The number of carbonyl (C=O) groups excluding carboxylic acids is 1. The molecule has 1 aromatic carbocycles. The summed E-state index contributed by atoms with van der Waals surface area (Å²) in [6, 6.07) is 6.92. The van der Waals surface area contributed by atoms with E-state index >= 15 is 0 Å². The van der Waals surface area contributed by atoms with E-state index in [0.29, 0.717) is 11.1 Å². The van der Waals surface area contributed by atoms with E-state index in [1.54, 1.807) is 45.2 Å². The van der Waals surface area contributed by atoms with E-state index in [4.69, 9.17) is 0 Å². The lowest BCUT2D eigenvalue weighted by molar-refractivity contribution is -0.142. The molecule has 1 atom stereocenters. The third-order valence-electron chi connectivity index (χ3n) is 3.62. The van der Waals surface area contributed by atoms with E-state index in [2.05, 4.69) is 0 Å². The normalized spacial score (nSPS) is 22.2. The van der Waals surface area contributed by atoms with Gasteiger partial charge >= 0.3 is 5.97 Å². The van der Waals surface area contributed by atoms with Crippen molar-refractivity contribution in [3.63, 3.8) is 0 Å². The fourth-order valence-electron chi connectivity index (χ4n) is 2.40. The lowest BCUT2D eigenvalue weighted by atomic mass is 9.75. The van der Waals surface area contributed by atoms with Crippen LogP contribution < -0.4 is 0 Å². The Balaban J connectivity index is 2.69. The van der Waals surface area contributed by atoms with Gasteiger partial charge in [0, 0.05) is 12.6 Å². The van der Waals surface area contributed by atoms with Crippen molar-refractivity contribution in [2.75, 3.05) is 7.05 Å². The molecular weight excluding hydrogens is 218 g/mol. The van der Waals surface area contributed by atoms with Gasteiger partial charge < -0.3 is 10.0 Å². The number of aliphatic carboxylic acids is 1. The quantitative estimate of drug-likeness (QED) is 0.803. The molecule has 0 spiro atoms. The molecule has 17 heavy (non-hydrogen) atoms. The number of hydrogen-bond donors (Lipinski definition) is 1. The second-order valence-corrected chi connectivity index (χ2v) is 4.88. The number of carboxylic acid groups (broad SMARTS) is 1. The van der Waals surface area contributed by atoms with Crippen molar-refractivity contribution >= 4 is 11.9 Å². The van der Waals surface area contributed by atoms with Crippen LogP contribution in [-0.4, -0.2) is 34.5 Å². The highest BCUT2D eigenvalue weighted by atomic mass is 16.4. The Morgan fingerprint density at radius 1 is 1.35 bits per heavy atom. The first-order valence-electron chi connectivity index (χ1n) is 5.47. The van der Waals surface area contributed by atoms with Crippen molar-refractivity contribution in [1.82, 2.24) is 4.90 Å². The summed E-state index contributed by atoms with van der Waals surface area (Å²) >= 11 is 0. The second-order valence-electron chi connectivity index (χ2n) is 4.88. The smallest absolute Gasteiger partial charge is 0.313 e. The highest BCUT2D eigenvalue weighted by Crippen LogP contribution is 2.39. The van der Waals surface area contributed by atoms with E-state index in [9.17, 15) is 14.7 Å². The summed E-state index contributed by atoms with van der Waals surface area (Å²) in [5.74, 6) is -1.72. The van der Waals surface area contributed by atoms with E-state index in [1.165, 1.54) is 4.90 Å². The maximum Gasteiger partial charge on any atom is 0.313 e. The Hall–Kier alpha value is -1.84. The summed E-state index contributed by atoms with van der Waals surface area (Å²) in [5, 5.41) is 9.39. The van der Waals surface area contributed by atoms with Crippen molar-refractivity contribution < 1.29 is 14.7 Å². The van der Waals surface area contributed by atoms with Crippen LogP contribution in [0.25, 0.3) is 0 Å². The molecule has 0 aliphatic carbocycles. The molecule has 4 nitrogen and oxygen atoms in total. The molecule has 1 heterocycles. The minimum Gasteiger partial charge on any atom is -0.481 e. The van der Waals surface area contributed by atoms with Crippen molar-refractivity contribution in [3.8, 4) is 0 Å². The maximum atomic E-state index is 12.1. The van der Waals surface area contributed by atoms with Crippen LogP contribution in [0.5, 0.6) is 0 Å². The Morgan fingerprint density at radius 2 is 1.94 bits per heavy atom. The zero-order valence-electron chi connectivity index (χ0n) is 10.1. The van der Waals surface area contributed by atoms with E-state index in [-0.39, 0.29) is 5.91 Å². The Kier molecular flexibility index (Phi) is 2.45. The first-order chi connectivity index (χ1) is 7.87. The SMILES string of the molecule is CN1C(=O)c2ccccc2C(C(=O)O)C1(C)C. The van der Waals surface area contributed by atoms with Gasteiger partial charge in [0.2, 0.25) is 0 Å². The fraction of sp³-hybridized carbons (Fsp3) is 0.385. The average molecular weight is 233 g/mol. The number of amides is 1. The van der Waals surface area contributed by atoms with Crippen LogP contribution in [-0.2, 0) is 4.79 Å². The molecule has 0 bridgehead atoms. The van der Waals surface area contributed by atoms with Gasteiger partial charge in [-0.3, -0.25) is 9.59 Å². The lowest BCUT2D eigenvalue weighted by Crippen LogP contribution is -2.55. The number of likely N-dealkylation sites (N-methyl/N-ethyl adjacent to an activating group) is 1. The molecule has 90 valence electrons. The first-order valence-corrected chi connectivity index (χ1v) is 5.47. The molecule has 2 rings (SSSR count). The molecular formula is C13H15NO3. The largest absolute Gasteiger partial charge is 0.481 e. The van der Waals surface area contributed by atoms with Crippen molar-refractivity contribution in [3.05, 3.63) is 35.4 Å². The van der Waals surface area contributed by atoms with Gasteiger partial charge in [0.25, 0.3) is 5.91 Å². The zero-order valence-corrected chi connectivity index (χ0v) is 10.1. The van der Waals surface area contributed by atoms with Crippen molar-refractivity contribution in [2.45, 2.75) is 25.3 Å². The number of benzene rings is 1. The minimum atomic E-state index is -0.901. The second kappa shape index (κ2) is 3.58. The molecule has 1 aliphatic heterocycles. The molecule has 1 unspecified atom stereocenters. The number of rotatable bonds is 1. The van der Waals surface area contributed by atoms with Gasteiger partial charge in [0.05, 0.1) is 5.54 Å². The molecule has 0 saturated carbocycles. The summed E-state index contributed by atoms with van der Waals surface area (Å²) < 4.78 is 0. The third-order valence-corrected chi connectivity index (χ3v) is 3.62. The molecule has 0 aromatic heterocycles. The fourth-order valence-corrected chi connectivity index (χ4v) is 2.40. The number of hydrogen-bond acceptors (Lipinski definition) is 2. The highest BCUT2D eigenvalue weighted by Gasteiger charge is 2.47. The molecule has 0 fully saturated rings. The molecule has 1 amide bonds. The summed E-state index contributed by atoms with van der Waals surface area (Å²) in [6.45, 7) is 3.55. The van der Waals surface area contributed by atoms with E-state index in [1.807, 2.05) is 0 Å². The number of carbonyl (C=O) groups is 2. The van der Waals surface area contributed by atoms with Crippen LogP contribution >= 0.6 is 0 Å². The standard InChI is InChI=1S/C13H15NO3/c1-13(2)10(12(16)17)8-6-4-5-7-9(8)11(15)14(13)3/h4-7,10H,1-3H3,(H,16,17).